The third-order valence-corrected chi connectivity index (χ3v) is 5.46. The van der Waals surface area contributed by atoms with Crippen LogP contribution in [-0.2, 0) is 0 Å². The largest absolute Gasteiger partial charge is 0.438 e. The number of nitrogens with zero attached hydrogens (tertiary/aromatic N) is 2. The third kappa shape index (κ3) is 3.78. The van der Waals surface area contributed by atoms with Gasteiger partial charge in [0.25, 0.3) is 5.91 Å². The zero-order valence-electron chi connectivity index (χ0n) is 17.8. The van der Waals surface area contributed by atoms with Crippen molar-refractivity contribution in [2.45, 2.75) is 19.8 Å². The van der Waals surface area contributed by atoms with Gasteiger partial charge in [-0.1, -0.05) is 38.1 Å². The third-order valence-electron chi connectivity index (χ3n) is 5.46. The summed E-state index contributed by atoms with van der Waals surface area (Å²) in [6.07, 6.45) is 3.26. The van der Waals surface area contributed by atoms with Crippen LogP contribution in [0.4, 0.5) is 5.69 Å². The fourth-order valence-corrected chi connectivity index (χ4v) is 3.71. The lowest BCUT2D eigenvalue weighted by Gasteiger charge is -2.11. The number of fused-ring (bicyclic) bond motifs is 2. The average Bonchev–Trinajstić information content (AvgIpc) is 3.29. The highest BCUT2D eigenvalue weighted by molar-refractivity contribution is 6.13. The molecular weight excluding hydrogens is 400 g/mol. The number of rotatable bonds is 5. The second-order valence-electron chi connectivity index (χ2n) is 7.94. The summed E-state index contributed by atoms with van der Waals surface area (Å²) in [6, 6.07) is 21.2. The number of hydrogen-bond acceptors (Lipinski definition) is 4. The first-order valence-corrected chi connectivity index (χ1v) is 10.5. The number of H-pyrrole nitrogens is 1. The van der Waals surface area contributed by atoms with Crippen LogP contribution in [0.5, 0.6) is 11.6 Å². The van der Waals surface area contributed by atoms with Gasteiger partial charge in [0.05, 0.1) is 5.39 Å². The van der Waals surface area contributed by atoms with Gasteiger partial charge in [-0.05, 0) is 64.7 Å². The first kappa shape index (κ1) is 19.8. The summed E-state index contributed by atoms with van der Waals surface area (Å²) in [5.74, 6) is 1.42. The minimum atomic E-state index is -0.147. The molecule has 0 aliphatic carbocycles. The quantitative estimate of drug-likeness (QED) is 0.349. The summed E-state index contributed by atoms with van der Waals surface area (Å²) in [4.78, 5) is 24.5. The first-order valence-electron chi connectivity index (χ1n) is 10.5. The Bertz CT molecular complexity index is 1420. The molecule has 6 nitrogen and oxygen atoms in total. The summed E-state index contributed by atoms with van der Waals surface area (Å²) < 4.78 is 6.01. The van der Waals surface area contributed by atoms with Gasteiger partial charge in [0.2, 0.25) is 5.88 Å². The number of nitrogens with one attached hydrogen (secondary N) is 2. The number of carbonyl (C=O) groups is 1. The molecule has 32 heavy (non-hydrogen) atoms. The van der Waals surface area contributed by atoms with Crippen molar-refractivity contribution in [2.24, 2.45) is 0 Å². The van der Waals surface area contributed by atoms with Crippen molar-refractivity contribution >= 4 is 33.4 Å². The fraction of sp³-hybridized carbons (Fsp3) is 0.115. The number of carbonyl (C=O) groups excluding carboxylic acids is 1. The predicted molar refractivity (Wildman–Crippen MR) is 126 cm³/mol. The van der Waals surface area contributed by atoms with Gasteiger partial charge in [-0.25, -0.2) is 9.97 Å². The lowest BCUT2D eigenvalue weighted by Crippen LogP contribution is -2.12. The molecular formula is C26H22N4O2. The number of aromatic amines is 1. The summed E-state index contributed by atoms with van der Waals surface area (Å²) in [6.45, 7) is 4.29. The zero-order valence-corrected chi connectivity index (χ0v) is 17.8. The molecule has 0 saturated carbocycles. The molecule has 0 bridgehead atoms. The first-order chi connectivity index (χ1) is 15.6. The highest BCUT2D eigenvalue weighted by Crippen LogP contribution is 2.30. The van der Waals surface area contributed by atoms with E-state index in [0.717, 1.165) is 27.5 Å². The standard InChI is InChI=1S/C26H22N4O2/c1-16(2)17-6-8-19(9-7-17)30-25(31)22-5-3-4-18-14-20(10-11-21(18)22)32-26-23-12-13-27-24(23)28-15-29-26/h3-16H,1-2H3,(H,30,31)(H,27,28,29). The molecule has 0 unspecified atom stereocenters. The van der Waals surface area contributed by atoms with Crippen molar-refractivity contribution in [3.63, 3.8) is 0 Å². The van der Waals surface area contributed by atoms with E-state index in [9.17, 15) is 4.79 Å². The van der Waals surface area contributed by atoms with Crippen molar-refractivity contribution in [3.05, 3.63) is 90.4 Å². The maximum atomic E-state index is 13.0. The summed E-state index contributed by atoms with van der Waals surface area (Å²) in [5.41, 5.74) is 3.34. The molecule has 5 aromatic rings. The second kappa shape index (κ2) is 8.15. The van der Waals surface area contributed by atoms with E-state index in [1.165, 1.54) is 11.9 Å². The topological polar surface area (TPSA) is 79.9 Å². The molecule has 2 heterocycles. The second-order valence-corrected chi connectivity index (χ2v) is 7.94. The van der Waals surface area contributed by atoms with Crippen LogP contribution in [0.15, 0.2) is 79.3 Å². The van der Waals surface area contributed by atoms with Crippen molar-refractivity contribution in [1.29, 1.82) is 0 Å². The van der Waals surface area contributed by atoms with E-state index in [0.29, 0.717) is 23.1 Å². The van der Waals surface area contributed by atoms with Crippen molar-refractivity contribution in [2.75, 3.05) is 5.32 Å². The van der Waals surface area contributed by atoms with Gasteiger partial charge < -0.3 is 15.0 Å². The molecule has 0 fully saturated rings. The van der Waals surface area contributed by atoms with Gasteiger partial charge in [-0.2, -0.15) is 0 Å². The highest BCUT2D eigenvalue weighted by atomic mass is 16.5. The Labute approximate surface area is 185 Å². The van der Waals surface area contributed by atoms with Crippen LogP contribution < -0.4 is 10.1 Å². The molecule has 158 valence electrons. The van der Waals surface area contributed by atoms with Crippen LogP contribution in [0.1, 0.15) is 35.7 Å². The van der Waals surface area contributed by atoms with E-state index in [1.807, 2.05) is 66.7 Å². The maximum absolute atomic E-state index is 13.0. The van der Waals surface area contributed by atoms with Gasteiger partial charge in [-0.3, -0.25) is 4.79 Å². The van der Waals surface area contributed by atoms with Crippen molar-refractivity contribution in [1.82, 2.24) is 15.0 Å². The minimum Gasteiger partial charge on any atom is -0.438 e. The number of benzene rings is 3. The van der Waals surface area contributed by atoms with E-state index in [2.05, 4.69) is 34.1 Å². The molecule has 2 aromatic heterocycles. The lowest BCUT2D eigenvalue weighted by atomic mass is 10.0. The zero-order chi connectivity index (χ0) is 22.1. The molecule has 0 aliphatic rings. The summed E-state index contributed by atoms with van der Waals surface area (Å²) in [5, 5.41) is 5.57. The number of amides is 1. The van der Waals surface area contributed by atoms with Crippen LogP contribution in [0.25, 0.3) is 21.8 Å². The normalized spacial score (nSPS) is 11.2. The van der Waals surface area contributed by atoms with Crippen LogP contribution in [0.3, 0.4) is 0 Å². The molecule has 0 radical (unpaired) electrons. The van der Waals surface area contributed by atoms with Gasteiger partial charge in [0.15, 0.2) is 0 Å². The Morgan fingerprint density at radius 1 is 0.969 bits per heavy atom. The smallest absolute Gasteiger partial charge is 0.256 e. The van der Waals surface area contributed by atoms with Gasteiger partial charge in [-0.15, -0.1) is 0 Å². The van der Waals surface area contributed by atoms with Gasteiger partial charge in [0.1, 0.15) is 17.7 Å². The average molecular weight is 422 g/mol. The predicted octanol–water partition coefficient (Wildman–Crippen LogP) is 6.28. The van der Waals surface area contributed by atoms with Gasteiger partial charge in [0, 0.05) is 17.4 Å². The lowest BCUT2D eigenvalue weighted by molar-refractivity contribution is 0.102. The van der Waals surface area contributed by atoms with Crippen molar-refractivity contribution in [3.8, 4) is 11.6 Å². The van der Waals surface area contributed by atoms with E-state index in [-0.39, 0.29) is 5.91 Å². The SMILES string of the molecule is CC(C)c1ccc(NC(=O)c2cccc3cc(Oc4ncnc5[nH]ccc45)ccc23)cc1. The number of anilines is 1. The Hall–Kier alpha value is -4.19. The molecule has 6 heteroatoms. The number of hydrogen-bond donors (Lipinski definition) is 2. The maximum Gasteiger partial charge on any atom is 0.256 e. The molecule has 3 aromatic carbocycles. The Balaban J connectivity index is 1.41. The molecule has 0 saturated heterocycles. The molecule has 5 rings (SSSR count). The highest BCUT2D eigenvalue weighted by Gasteiger charge is 2.12. The monoisotopic (exact) mass is 422 g/mol. The minimum absolute atomic E-state index is 0.147. The van der Waals surface area contributed by atoms with E-state index >= 15 is 0 Å². The fourth-order valence-electron chi connectivity index (χ4n) is 3.71. The van der Waals surface area contributed by atoms with Crippen molar-refractivity contribution < 1.29 is 9.53 Å². The number of ether oxygens (including phenoxy) is 1. The van der Waals surface area contributed by atoms with Crippen LogP contribution >= 0.6 is 0 Å². The molecule has 0 spiro atoms. The Morgan fingerprint density at radius 3 is 2.62 bits per heavy atom. The van der Waals surface area contributed by atoms with E-state index < -0.39 is 0 Å². The summed E-state index contributed by atoms with van der Waals surface area (Å²) >= 11 is 0. The Kier molecular flexibility index (Phi) is 5.03. The van der Waals surface area contributed by atoms with E-state index in [4.69, 9.17) is 4.74 Å². The van der Waals surface area contributed by atoms with Crippen LogP contribution in [0, 0.1) is 0 Å². The molecule has 0 aliphatic heterocycles. The Morgan fingerprint density at radius 2 is 1.81 bits per heavy atom. The van der Waals surface area contributed by atoms with E-state index in [1.54, 1.807) is 6.20 Å². The molecule has 2 N–H and O–H groups in total. The molecule has 1 amide bonds. The number of aromatic nitrogens is 3. The molecule has 0 atom stereocenters. The van der Waals surface area contributed by atoms with Crippen LogP contribution in [0.2, 0.25) is 0 Å². The van der Waals surface area contributed by atoms with Gasteiger partial charge >= 0.3 is 0 Å². The van der Waals surface area contributed by atoms with Crippen LogP contribution in [-0.4, -0.2) is 20.9 Å². The summed E-state index contributed by atoms with van der Waals surface area (Å²) in [7, 11) is 0.